The van der Waals surface area contributed by atoms with Gasteiger partial charge in [-0.3, -0.25) is 23.3 Å². The van der Waals surface area contributed by atoms with Crippen molar-refractivity contribution in [1.82, 2.24) is 24.4 Å². The fourth-order valence-corrected chi connectivity index (χ4v) is 5.89. The lowest BCUT2D eigenvalue weighted by atomic mass is 9.57. The number of carbonyl (C=O) groups excluding carboxylic acids is 1. The van der Waals surface area contributed by atoms with E-state index in [9.17, 15) is 22.8 Å². The van der Waals surface area contributed by atoms with Gasteiger partial charge in [0.15, 0.2) is 11.4 Å². The van der Waals surface area contributed by atoms with Crippen LogP contribution in [0.25, 0.3) is 11.2 Å². The highest BCUT2D eigenvalue weighted by atomic mass is 32.2. The third-order valence-corrected chi connectivity index (χ3v) is 7.85. The zero-order valence-electron chi connectivity index (χ0n) is 19.0. The van der Waals surface area contributed by atoms with Gasteiger partial charge in [-0.05, 0) is 51.4 Å². The summed E-state index contributed by atoms with van der Waals surface area (Å²) in [6.07, 6.45) is 5.46. The number of fused-ring (bicyclic) bond motifs is 4. The van der Waals surface area contributed by atoms with Crippen LogP contribution in [0.1, 0.15) is 71.0 Å². The van der Waals surface area contributed by atoms with Crippen LogP contribution in [0.15, 0.2) is 9.59 Å². The molecular formula is C21H31N5O6S. The first-order valence-electron chi connectivity index (χ1n) is 11.5. The summed E-state index contributed by atoms with van der Waals surface area (Å²) in [5.41, 5.74) is -0.716. The molecule has 0 radical (unpaired) electrons. The number of carbonyl (C=O) groups is 1. The first kappa shape index (κ1) is 23.7. The van der Waals surface area contributed by atoms with Gasteiger partial charge in [0.25, 0.3) is 15.7 Å². The minimum atomic E-state index is -4.38. The number of aryl methyl sites for hydroxylation is 1. The molecule has 3 fully saturated rings. The molecule has 2 aromatic heterocycles. The monoisotopic (exact) mass is 481 g/mol. The van der Waals surface area contributed by atoms with Crippen LogP contribution in [0, 0.1) is 0 Å². The molecule has 33 heavy (non-hydrogen) atoms. The molecule has 0 saturated heterocycles. The Morgan fingerprint density at radius 2 is 1.64 bits per heavy atom. The summed E-state index contributed by atoms with van der Waals surface area (Å²) in [6.45, 7) is 4.71. The molecule has 0 spiro atoms. The molecule has 2 heterocycles. The fraction of sp³-hybridized carbons (Fsp3) is 0.714. The van der Waals surface area contributed by atoms with Crippen LogP contribution in [0.3, 0.4) is 0 Å². The standard InChI is InChI=1S/C21H31N5O6S/c1-3-11-25-16-15(17(28)26(12-4-2)19(25)29)22-18(23-16)20-5-8-21(9-6-20,10-7-20)24-14(27)13-33(30,31)32/h3-13H2,1-2H3,(H,22,23)(H,24,27)(H,30,31,32). The number of aromatic amines is 1. The van der Waals surface area contributed by atoms with Crippen molar-refractivity contribution in [2.24, 2.45) is 0 Å². The summed E-state index contributed by atoms with van der Waals surface area (Å²) in [7, 11) is -4.38. The summed E-state index contributed by atoms with van der Waals surface area (Å²) in [4.78, 5) is 46.1. The molecule has 2 aromatic rings. The van der Waals surface area contributed by atoms with E-state index in [4.69, 9.17) is 9.54 Å². The Bertz CT molecular complexity index is 1280. The minimum Gasteiger partial charge on any atom is -0.350 e. The molecule has 0 aliphatic heterocycles. The van der Waals surface area contributed by atoms with Crippen LogP contribution in [-0.4, -0.2) is 49.3 Å². The number of hydrogen-bond acceptors (Lipinski definition) is 6. The number of aromatic nitrogens is 4. The molecule has 11 nitrogen and oxygen atoms in total. The van der Waals surface area contributed by atoms with E-state index in [1.54, 1.807) is 4.57 Å². The van der Waals surface area contributed by atoms with Crippen LogP contribution in [0.5, 0.6) is 0 Å². The molecule has 3 saturated carbocycles. The van der Waals surface area contributed by atoms with Crippen molar-refractivity contribution in [3.63, 3.8) is 0 Å². The van der Waals surface area contributed by atoms with E-state index in [0.717, 1.165) is 6.42 Å². The highest BCUT2D eigenvalue weighted by Crippen LogP contribution is 2.53. The van der Waals surface area contributed by atoms with Crippen molar-refractivity contribution in [2.45, 2.75) is 89.3 Å². The first-order valence-corrected chi connectivity index (χ1v) is 13.1. The van der Waals surface area contributed by atoms with Crippen molar-refractivity contribution in [3.05, 3.63) is 26.7 Å². The first-order chi connectivity index (χ1) is 15.5. The summed E-state index contributed by atoms with van der Waals surface area (Å²) in [6, 6.07) is 0. The molecule has 0 aromatic carbocycles. The van der Waals surface area contributed by atoms with Crippen LogP contribution in [0.4, 0.5) is 0 Å². The fourth-order valence-electron chi connectivity index (χ4n) is 5.49. The SMILES string of the molecule is CCCn1c(=O)c2[nH]c(C34CCC(NC(=O)CS(=O)(=O)O)(CC3)CC4)nc2n(CCC)c1=O. The minimum absolute atomic E-state index is 0.288. The zero-order valence-corrected chi connectivity index (χ0v) is 19.8. The summed E-state index contributed by atoms with van der Waals surface area (Å²) >= 11 is 0. The van der Waals surface area contributed by atoms with Gasteiger partial charge in [-0.25, -0.2) is 9.78 Å². The molecule has 3 N–H and O–H groups in total. The highest BCUT2D eigenvalue weighted by Gasteiger charge is 2.51. The van der Waals surface area contributed by atoms with Crippen molar-refractivity contribution >= 4 is 27.2 Å². The molecule has 3 aliphatic rings. The number of hydrogen-bond donors (Lipinski definition) is 3. The van der Waals surface area contributed by atoms with Crippen molar-refractivity contribution < 1.29 is 17.8 Å². The second-order valence-corrected chi connectivity index (χ2v) is 11.0. The maximum Gasteiger partial charge on any atom is 0.332 e. The van der Waals surface area contributed by atoms with E-state index in [1.165, 1.54) is 4.57 Å². The molecule has 0 atom stereocenters. The topological polar surface area (TPSA) is 156 Å². The third-order valence-electron chi connectivity index (χ3n) is 7.22. The Kier molecular flexibility index (Phi) is 6.02. The van der Waals surface area contributed by atoms with Crippen molar-refractivity contribution in [2.75, 3.05) is 5.75 Å². The van der Waals surface area contributed by atoms with Gasteiger partial charge >= 0.3 is 5.69 Å². The third kappa shape index (κ3) is 4.25. The Morgan fingerprint density at radius 3 is 2.18 bits per heavy atom. The van der Waals surface area contributed by atoms with Crippen LogP contribution in [-0.2, 0) is 33.4 Å². The maximum absolute atomic E-state index is 13.0. The normalized spacial score (nSPS) is 24.9. The van der Waals surface area contributed by atoms with Crippen molar-refractivity contribution in [1.29, 1.82) is 0 Å². The predicted octanol–water partition coefficient (Wildman–Crippen LogP) is 1.05. The van der Waals surface area contributed by atoms with Crippen LogP contribution in [0.2, 0.25) is 0 Å². The lowest BCUT2D eigenvalue weighted by Crippen LogP contribution is -2.58. The molecule has 12 heteroatoms. The second-order valence-electron chi connectivity index (χ2n) is 9.51. The predicted molar refractivity (Wildman–Crippen MR) is 122 cm³/mol. The molecule has 1 amide bonds. The van der Waals surface area contributed by atoms with Crippen LogP contribution >= 0.6 is 0 Å². The van der Waals surface area contributed by atoms with Gasteiger partial charge in [-0.15, -0.1) is 0 Å². The lowest BCUT2D eigenvalue weighted by molar-refractivity contribution is -0.122. The second kappa shape index (κ2) is 8.39. The Morgan fingerprint density at radius 1 is 1.06 bits per heavy atom. The van der Waals surface area contributed by atoms with Gasteiger partial charge < -0.3 is 10.3 Å². The van der Waals surface area contributed by atoms with E-state index >= 15 is 0 Å². The number of rotatable bonds is 8. The van der Waals surface area contributed by atoms with Crippen LogP contribution < -0.4 is 16.6 Å². The molecule has 2 bridgehead atoms. The number of amides is 1. The van der Waals surface area contributed by atoms with Gasteiger partial charge in [-0.2, -0.15) is 8.42 Å². The van der Waals surface area contributed by atoms with E-state index in [0.29, 0.717) is 75.0 Å². The molecule has 5 rings (SSSR count). The average Bonchev–Trinajstić information content (AvgIpc) is 3.20. The van der Waals surface area contributed by atoms with E-state index in [2.05, 4.69) is 10.3 Å². The van der Waals surface area contributed by atoms with E-state index in [1.807, 2.05) is 13.8 Å². The zero-order chi connectivity index (χ0) is 24.0. The van der Waals surface area contributed by atoms with Gasteiger partial charge in [-0.1, -0.05) is 13.8 Å². The Balaban J connectivity index is 1.66. The molecule has 182 valence electrons. The average molecular weight is 482 g/mol. The van der Waals surface area contributed by atoms with E-state index in [-0.39, 0.29) is 16.7 Å². The quantitative estimate of drug-likeness (QED) is 0.476. The smallest absolute Gasteiger partial charge is 0.332 e. The molecule has 3 aliphatic carbocycles. The molecule has 0 unspecified atom stereocenters. The number of imidazole rings is 1. The number of H-pyrrole nitrogens is 1. The highest BCUT2D eigenvalue weighted by molar-refractivity contribution is 7.86. The van der Waals surface area contributed by atoms with Gasteiger partial charge in [0.2, 0.25) is 5.91 Å². The lowest BCUT2D eigenvalue weighted by Gasteiger charge is -2.52. The molecular weight excluding hydrogens is 450 g/mol. The number of nitrogens with one attached hydrogen (secondary N) is 2. The van der Waals surface area contributed by atoms with Crippen molar-refractivity contribution in [3.8, 4) is 0 Å². The van der Waals surface area contributed by atoms with E-state index < -0.39 is 27.3 Å². The van der Waals surface area contributed by atoms with Gasteiger partial charge in [0.05, 0.1) is 0 Å². The summed E-state index contributed by atoms with van der Waals surface area (Å²) in [5.74, 6) is -0.941. The summed E-state index contributed by atoms with van der Waals surface area (Å²) < 4.78 is 33.9. The maximum atomic E-state index is 13.0. The van der Waals surface area contributed by atoms with Gasteiger partial charge in [0, 0.05) is 24.0 Å². The van der Waals surface area contributed by atoms with Gasteiger partial charge in [0.1, 0.15) is 11.3 Å². The Hall–Kier alpha value is -2.47. The largest absolute Gasteiger partial charge is 0.350 e. The number of nitrogens with zero attached hydrogens (tertiary/aromatic N) is 3. The Labute approximate surface area is 191 Å². The summed E-state index contributed by atoms with van der Waals surface area (Å²) in [5, 5.41) is 2.83.